The van der Waals surface area contributed by atoms with Gasteiger partial charge in [-0.1, -0.05) is 26.0 Å². The van der Waals surface area contributed by atoms with E-state index in [2.05, 4.69) is 35.5 Å². The van der Waals surface area contributed by atoms with Crippen LogP contribution < -0.4 is 5.73 Å². The Morgan fingerprint density at radius 3 is 2.94 bits per heavy atom. The first-order chi connectivity index (χ1) is 8.26. The van der Waals surface area contributed by atoms with Gasteiger partial charge in [-0.2, -0.15) is 0 Å². The Labute approximate surface area is 102 Å². The van der Waals surface area contributed by atoms with Gasteiger partial charge in [0.15, 0.2) is 0 Å². The topological polar surface area (TPSA) is 43.8 Å². The van der Waals surface area contributed by atoms with Crippen molar-refractivity contribution >= 4 is 0 Å². The van der Waals surface area contributed by atoms with Crippen molar-refractivity contribution in [3.63, 3.8) is 0 Å². The minimum atomic E-state index is 0.513. The van der Waals surface area contributed by atoms with Gasteiger partial charge in [0, 0.05) is 24.1 Å². The van der Waals surface area contributed by atoms with Crippen LogP contribution in [0.15, 0.2) is 36.8 Å². The fraction of sp³-hybridized carbons (Fsp3) is 0.357. The molecular weight excluding hydrogens is 210 g/mol. The highest BCUT2D eigenvalue weighted by Crippen LogP contribution is 2.22. The fourth-order valence-corrected chi connectivity index (χ4v) is 1.93. The summed E-state index contributed by atoms with van der Waals surface area (Å²) in [4.78, 5) is 4.25. The summed E-state index contributed by atoms with van der Waals surface area (Å²) < 4.78 is 2.15. The summed E-state index contributed by atoms with van der Waals surface area (Å²) in [6.07, 6.45) is 4.93. The maximum absolute atomic E-state index is 5.67. The SMILES string of the molecule is CCC(C)c1cncn1-c1cccc(CN)c1. The maximum Gasteiger partial charge on any atom is 0.0994 e. The van der Waals surface area contributed by atoms with Gasteiger partial charge in [0.25, 0.3) is 0 Å². The Kier molecular flexibility index (Phi) is 3.59. The second-order valence-electron chi connectivity index (χ2n) is 4.37. The van der Waals surface area contributed by atoms with Crippen molar-refractivity contribution in [2.75, 3.05) is 0 Å². The summed E-state index contributed by atoms with van der Waals surface area (Å²) in [6.45, 7) is 4.99. The Morgan fingerprint density at radius 1 is 1.41 bits per heavy atom. The van der Waals surface area contributed by atoms with E-state index < -0.39 is 0 Å². The average molecular weight is 229 g/mol. The van der Waals surface area contributed by atoms with Crippen molar-refractivity contribution in [1.82, 2.24) is 9.55 Å². The standard InChI is InChI=1S/C14H19N3/c1-3-11(2)14-9-16-10-17(14)13-6-4-5-12(7-13)8-15/h4-7,9-11H,3,8,15H2,1-2H3. The first-order valence-electron chi connectivity index (χ1n) is 6.08. The molecule has 0 spiro atoms. The molecule has 0 fully saturated rings. The third-order valence-electron chi connectivity index (χ3n) is 3.21. The molecule has 0 aliphatic heterocycles. The Morgan fingerprint density at radius 2 is 2.24 bits per heavy atom. The first kappa shape index (κ1) is 11.9. The lowest BCUT2D eigenvalue weighted by Gasteiger charge is -2.13. The highest BCUT2D eigenvalue weighted by atomic mass is 15.1. The molecule has 90 valence electrons. The van der Waals surface area contributed by atoms with Gasteiger partial charge < -0.3 is 10.3 Å². The lowest BCUT2D eigenvalue weighted by atomic mass is 10.1. The van der Waals surface area contributed by atoms with Crippen LogP contribution in [0.1, 0.15) is 37.4 Å². The molecule has 3 heteroatoms. The van der Waals surface area contributed by atoms with E-state index in [0.29, 0.717) is 12.5 Å². The number of imidazole rings is 1. The molecule has 0 aliphatic rings. The number of hydrogen-bond acceptors (Lipinski definition) is 2. The Hall–Kier alpha value is -1.61. The van der Waals surface area contributed by atoms with E-state index in [4.69, 9.17) is 5.73 Å². The van der Waals surface area contributed by atoms with Crippen LogP contribution in [0.25, 0.3) is 5.69 Å². The quantitative estimate of drug-likeness (QED) is 0.876. The van der Waals surface area contributed by atoms with Crippen LogP contribution in [-0.4, -0.2) is 9.55 Å². The lowest BCUT2D eigenvalue weighted by Crippen LogP contribution is -2.04. The third kappa shape index (κ3) is 2.39. The second-order valence-corrected chi connectivity index (χ2v) is 4.37. The van der Waals surface area contributed by atoms with Crippen molar-refractivity contribution in [2.24, 2.45) is 5.73 Å². The molecule has 1 aromatic carbocycles. The van der Waals surface area contributed by atoms with E-state index in [1.165, 1.54) is 5.69 Å². The van der Waals surface area contributed by atoms with Gasteiger partial charge in [-0.3, -0.25) is 0 Å². The minimum Gasteiger partial charge on any atom is -0.326 e. The van der Waals surface area contributed by atoms with E-state index in [9.17, 15) is 0 Å². The fourth-order valence-electron chi connectivity index (χ4n) is 1.93. The van der Waals surface area contributed by atoms with Gasteiger partial charge in [-0.05, 0) is 30.0 Å². The zero-order valence-corrected chi connectivity index (χ0v) is 10.4. The molecule has 2 aromatic rings. The summed E-state index contributed by atoms with van der Waals surface area (Å²) in [7, 11) is 0. The molecule has 1 aromatic heterocycles. The molecular formula is C14H19N3. The van der Waals surface area contributed by atoms with Crippen molar-refractivity contribution in [2.45, 2.75) is 32.7 Å². The number of aromatic nitrogens is 2. The third-order valence-corrected chi connectivity index (χ3v) is 3.21. The second kappa shape index (κ2) is 5.15. The van der Waals surface area contributed by atoms with E-state index >= 15 is 0 Å². The number of hydrogen-bond donors (Lipinski definition) is 1. The molecule has 0 saturated heterocycles. The van der Waals surface area contributed by atoms with Crippen LogP contribution in [0.2, 0.25) is 0 Å². The molecule has 1 heterocycles. The number of nitrogens with zero attached hydrogens (tertiary/aromatic N) is 2. The van der Waals surface area contributed by atoms with E-state index in [1.807, 2.05) is 24.7 Å². The molecule has 0 radical (unpaired) electrons. The number of benzene rings is 1. The van der Waals surface area contributed by atoms with Crippen molar-refractivity contribution < 1.29 is 0 Å². The predicted octanol–water partition coefficient (Wildman–Crippen LogP) is 2.84. The average Bonchev–Trinajstić information content (AvgIpc) is 2.87. The lowest BCUT2D eigenvalue weighted by molar-refractivity contribution is 0.689. The summed E-state index contributed by atoms with van der Waals surface area (Å²) in [5, 5.41) is 0. The minimum absolute atomic E-state index is 0.513. The van der Waals surface area contributed by atoms with Crippen molar-refractivity contribution in [1.29, 1.82) is 0 Å². The van der Waals surface area contributed by atoms with Gasteiger partial charge >= 0.3 is 0 Å². The van der Waals surface area contributed by atoms with Gasteiger partial charge in [-0.25, -0.2) is 4.98 Å². The number of nitrogens with two attached hydrogens (primary N) is 1. The molecule has 2 rings (SSSR count). The Bertz CT molecular complexity index is 488. The largest absolute Gasteiger partial charge is 0.326 e. The first-order valence-corrected chi connectivity index (χ1v) is 6.08. The van der Waals surface area contributed by atoms with Crippen LogP contribution in [0.5, 0.6) is 0 Å². The normalized spacial score (nSPS) is 12.6. The molecule has 1 unspecified atom stereocenters. The predicted molar refractivity (Wildman–Crippen MR) is 70.2 cm³/mol. The monoisotopic (exact) mass is 229 g/mol. The van der Waals surface area contributed by atoms with Gasteiger partial charge in [0.2, 0.25) is 0 Å². The van der Waals surface area contributed by atoms with Crippen molar-refractivity contribution in [3.05, 3.63) is 48.0 Å². The Balaban J connectivity index is 2.42. The molecule has 0 saturated carbocycles. The van der Waals surface area contributed by atoms with Gasteiger partial charge in [0.05, 0.1) is 6.33 Å². The zero-order valence-electron chi connectivity index (χ0n) is 10.4. The molecule has 2 N–H and O–H groups in total. The maximum atomic E-state index is 5.67. The molecule has 1 atom stereocenters. The highest BCUT2D eigenvalue weighted by molar-refractivity contribution is 5.37. The summed E-state index contributed by atoms with van der Waals surface area (Å²) in [5.74, 6) is 0.513. The molecule has 0 bridgehead atoms. The summed E-state index contributed by atoms with van der Waals surface area (Å²) in [6, 6.07) is 8.29. The molecule has 17 heavy (non-hydrogen) atoms. The molecule has 0 amide bonds. The summed E-state index contributed by atoms with van der Waals surface area (Å²) >= 11 is 0. The summed E-state index contributed by atoms with van der Waals surface area (Å²) in [5.41, 5.74) is 9.21. The van der Waals surface area contributed by atoms with Crippen LogP contribution in [0, 0.1) is 0 Å². The van der Waals surface area contributed by atoms with Crippen LogP contribution in [0.4, 0.5) is 0 Å². The molecule has 0 aliphatic carbocycles. The van der Waals surface area contributed by atoms with Gasteiger partial charge in [0.1, 0.15) is 0 Å². The van der Waals surface area contributed by atoms with Crippen LogP contribution >= 0.6 is 0 Å². The van der Waals surface area contributed by atoms with E-state index in [1.54, 1.807) is 0 Å². The van der Waals surface area contributed by atoms with Crippen LogP contribution in [-0.2, 0) is 6.54 Å². The highest BCUT2D eigenvalue weighted by Gasteiger charge is 2.10. The zero-order chi connectivity index (χ0) is 12.3. The van der Waals surface area contributed by atoms with Crippen LogP contribution in [0.3, 0.4) is 0 Å². The molecule has 3 nitrogen and oxygen atoms in total. The number of rotatable bonds is 4. The van der Waals surface area contributed by atoms with Gasteiger partial charge in [-0.15, -0.1) is 0 Å². The smallest absolute Gasteiger partial charge is 0.0994 e. The van der Waals surface area contributed by atoms with Crippen molar-refractivity contribution in [3.8, 4) is 5.69 Å². The van der Waals surface area contributed by atoms with E-state index in [-0.39, 0.29) is 0 Å². The van der Waals surface area contributed by atoms with E-state index in [0.717, 1.165) is 17.7 Å².